The number of nitrogens with zero attached hydrogens (tertiary/aromatic N) is 1. The highest BCUT2D eigenvalue weighted by molar-refractivity contribution is 5.92. The summed E-state index contributed by atoms with van der Waals surface area (Å²) in [6.45, 7) is 8.08. The third-order valence-corrected chi connectivity index (χ3v) is 4.73. The molecule has 1 amide bonds. The van der Waals surface area contributed by atoms with Gasteiger partial charge in [-0.1, -0.05) is 17.7 Å². The Morgan fingerprint density at radius 2 is 1.80 bits per heavy atom. The fourth-order valence-electron chi connectivity index (χ4n) is 3.29. The molecule has 0 aliphatic carbocycles. The molecule has 0 atom stereocenters. The lowest BCUT2D eigenvalue weighted by Crippen LogP contribution is -3.15. The Kier molecular flexibility index (Phi) is 5.34. The Morgan fingerprint density at radius 1 is 1.12 bits per heavy atom. The molecule has 1 heterocycles. The van der Waals surface area contributed by atoms with Crippen LogP contribution in [0, 0.1) is 19.7 Å². The summed E-state index contributed by atoms with van der Waals surface area (Å²) in [6.07, 6.45) is 0. The van der Waals surface area contributed by atoms with Crippen molar-refractivity contribution in [2.75, 3.05) is 42.9 Å². The quantitative estimate of drug-likeness (QED) is 0.889. The van der Waals surface area contributed by atoms with Crippen LogP contribution >= 0.6 is 0 Å². The summed E-state index contributed by atoms with van der Waals surface area (Å²) < 4.78 is 13.0. The van der Waals surface area contributed by atoms with Gasteiger partial charge in [0.2, 0.25) is 0 Å². The van der Waals surface area contributed by atoms with Crippen molar-refractivity contribution in [2.45, 2.75) is 13.8 Å². The molecule has 0 unspecified atom stereocenters. The van der Waals surface area contributed by atoms with E-state index in [9.17, 15) is 9.18 Å². The van der Waals surface area contributed by atoms with E-state index in [0.717, 1.165) is 43.1 Å². The lowest BCUT2D eigenvalue weighted by molar-refractivity contribution is -0.892. The molecule has 0 bridgehead atoms. The van der Waals surface area contributed by atoms with Gasteiger partial charge < -0.3 is 15.1 Å². The van der Waals surface area contributed by atoms with Crippen molar-refractivity contribution >= 4 is 17.3 Å². The van der Waals surface area contributed by atoms with E-state index in [2.05, 4.69) is 16.3 Å². The zero-order chi connectivity index (χ0) is 17.8. The monoisotopic (exact) mass is 342 g/mol. The van der Waals surface area contributed by atoms with Gasteiger partial charge in [0, 0.05) is 11.4 Å². The Balaban J connectivity index is 1.50. The van der Waals surface area contributed by atoms with Crippen molar-refractivity contribution in [3.8, 4) is 0 Å². The van der Waals surface area contributed by atoms with Crippen molar-refractivity contribution in [1.82, 2.24) is 0 Å². The van der Waals surface area contributed by atoms with Gasteiger partial charge in [0.1, 0.15) is 5.82 Å². The number of nitrogens with one attached hydrogen (secondary N) is 2. The molecule has 0 aromatic heterocycles. The molecule has 1 saturated heterocycles. The number of hydrogen-bond donors (Lipinski definition) is 2. The minimum atomic E-state index is -0.212. The maximum Gasteiger partial charge on any atom is 0.279 e. The van der Waals surface area contributed by atoms with Crippen LogP contribution in [-0.2, 0) is 4.79 Å². The minimum absolute atomic E-state index is 0.0529. The number of aryl methyl sites for hydroxylation is 2. The summed E-state index contributed by atoms with van der Waals surface area (Å²) in [5.41, 5.74) is 4.21. The van der Waals surface area contributed by atoms with E-state index in [1.54, 1.807) is 0 Å². The molecule has 2 aromatic rings. The lowest BCUT2D eigenvalue weighted by Gasteiger charge is -2.33. The molecule has 5 heteroatoms. The average molecular weight is 342 g/mol. The standard InChI is InChI=1S/C20H24FN3O/c1-15-3-8-19(16(2)13-15)22-20(25)14-23-9-11-24(12-10-23)18-6-4-17(21)5-7-18/h3-8,13H,9-12,14H2,1-2H3,(H,22,25)/p+1. The topological polar surface area (TPSA) is 36.8 Å². The largest absolute Gasteiger partial charge is 0.360 e. The van der Waals surface area contributed by atoms with Gasteiger partial charge in [0.05, 0.1) is 26.2 Å². The molecule has 2 N–H and O–H groups in total. The van der Waals surface area contributed by atoms with Crippen LogP contribution in [-0.4, -0.2) is 38.6 Å². The predicted molar refractivity (Wildman–Crippen MR) is 98.7 cm³/mol. The van der Waals surface area contributed by atoms with E-state index in [4.69, 9.17) is 0 Å². The number of carbonyl (C=O) groups is 1. The minimum Gasteiger partial charge on any atom is -0.360 e. The van der Waals surface area contributed by atoms with Crippen LogP contribution in [0.25, 0.3) is 0 Å². The second-order valence-electron chi connectivity index (χ2n) is 6.76. The van der Waals surface area contributed by atoms with Gasteiger partial charge in [-0.25, -0.2) is 4.39 Å². The highest BCUT2D eigenvalue weighted by Crippen LogP contribution is 2.16. The van der Waals surface area contributed by atoms with Crippen molar-refractivity contribution in [1.29, 1.82) is 0 Å². The van der Waals surface area contributed by atoms with Gasteiger partial charge in [-0.15, -0.1) is 0 Å². The van der Waals surface area contributed by atoms with Crippen molar-refractivity contribution in [2.24, 2.45) is 0 Å². The van der Waals surface area contributed by atoms with Crippen molar-refractivity contribution in [3.63, 3.8) is 0 Å². The van der Waals surface area contributed by atoms with E-state index in [-0.39, 0.29) is 11.7 Å². The zero-order valence-corrected chi connectivity index (χ0v) is 14.8. The van der Waals surface area contributed by atoms with Crippen LogP contribution in [0.15, 0.2) is 42.5 Å². The Bertz CT molecular complexity index is 737. The zero-order valence-electron chi connectivity index (χ0n) is 14.8. The number of piperazine rings is 1. The van der Waals surface area contributed by atoms with E-state index in [0.29, 0.717) is 6.54 Å². The highest BCUT2D eigenvalue weighted by atomic mass is 19.1. The fraction of sp³-hybridized carbons (Fsp3) is 0.350. The molecular formula is C20H25FN3O+. The summed E-state index contributed by atoms with van der Waals surface area (Å²) in [7, 11) is 0. The number of quaternary nitrogens is 1. The number of anilines is 2. The van der Waals surface area contributed by atoms with Gasteiger partial charge in [-0.05, 0) is 49.7 Å². The lowest BCUT2D eigenvalue weighted by atomic mass is 10.1. The summed E-state index contributed by atoms with van der Waals surface area (Å²) in [4.78, 5) is 15.8. The third-order valence-electron chi connectivity index (χ3n) is 4.73. The van der Waals surface area contributed by atoms with Gasteiger partial charge in [-0.3, -0.25) is 4.79 Å². The second-order valence-corrected chi connectivity index (χ2v) is 6.76. The number of carbonyl (C=O) groups excluding carboxylic acids is 1. The highest BCUT2D eigenvalue weighted by Gasteiger charge is 2.22. The van der Waals surface area contributed by atoms with E-state index < -0.39 is 0 Å². The first-order valence-corrected chi connectivity index (χ1v) is 8.72. The SMILES string of the molecule is Cc1ccc(NC(=O)C[NH+]2CCN(c3ccc(F)cc3)CC2)c(C)c1. The van der Waals surface area contributed by atoms with Crippen LogP contribution in [0.1, 0.15) is 11.1 Å². The molecule has 0 saturated carbocycles. The van der Waals surface area contributed by atoms with E-state index >= 15 is 0 Å². The van der Waals surface area contributed by atoms with Gasteiger partial charge >= 0.3 is 0 Å². The van der Waals surface area contributed by atoms with Gasteiger partial charge in [0.15, 0.2) is 6.54 Å². The predicted octanol–water partition coefficient (Wildman–Crippen LogP) is 1.79. The summed E-state index contributed by atoms with van der Waals surface area (Å²) in [5.74, 6) is -0.159. The first-order chi connectivity index (χ1) is 12.0. The molecule has 1 aliphatic rings. The fourth-order valence-corrected chi connectivity index (χ4v) is 3.29. The third kappa shape index (κ3) is 4.57. The number of amides is 1. The molecule has 132 valence electrons. The molecule has 2 aromatic carbocycles. The van der Waals surface area contributed by atoms with Gasteiger partial charge in [0.25, 0.3) is 5.91 Å². The normalized spacial score (nSPS) is 15.2. The van der Waals surface area contributed by atoms with Gasteiger partial charge in [-0.2, -0.15) is 0 Å². The maximum atomic E-state index is 13.0. The molecular weight excluding hydrogens is 317 g/mol. The number of halogens is 1. The Morgan fingerprint density at radius 3 is 2.44 bits per heavy atom. The first-order valence-electron chi connectivity index (χ1n) is 8.72. The Hall–Kier alpha value is -2.40. The smallest absolute Gasteiger partial charge is 0.279 e. The average Bonchev–Trinajstić information content (AvgIpc) is 2.59. The molecule has 3 rings (SSSR count). The molecule has 25 heavy (non-hydrogen) atoms. The molecule has 1 fully saturated rings. The van der Waals surface area contributed by atoms with Crippen LogP contribution in [0.3, 0.4) is 0 Å². The molecule has 1 aliphatic heterocycles. The molecule has 0 spiro atoms. The summed E-state index contributed by atoms with van der Waals surface area (Å²) in [6, 6.07) is 12.7. The van der Waals surface area contributed by atoms with E-state index in [1.807, 2.05) is 38.1 Å². The summed E-state index contributed by atoms with van der Waals surface area (Å²) in [5, 5.41) is 3.02. The van der Waals surface area contributed by atoms with Crippen LogP contribution in [0.4, 0.5) is 15.8 Å². The van der Waals surface area contributed by atoms with Crippen LogP contribution < -0.4 is 15.1 Å². The Labute approximate surface area is 148 Å². The molecule has 4 nitrogen and oxygen atoms in total. The number of rotatable bonds is 4. The summed E-state index contributed by atoms with van der Waals surface area (Å²) >= 11 is 0. The van der Waals surface area contributed by atoms with Crippen LogP contribution in [0.5, 0.6) is 0 Å². The van der Waals surface area contributed by atoms with Crippen molar-refractivity contribution in [3.05, 3.63) is 59.4 Å². The number of benzene rings is 2. The number of hydrogen-bond acceptors (Lipinski definition) is 2. The van der Waals surface area contributed by atoms with E-state index in [1.165, 1.54) is 22.6 Å². The van der Waals surface area contributed by atoms with Crippen LogP contribution in [0.2, 0.25) is 0 Å². The first kappa shape index (κ1) is 17.4. The van der Waals surface area contributed by atoms with Crippen molar-refractivity contribution < 1.29 is 14.1 Å². The second kappa shape index (κ2) is 7.66. The maximum absolute atomic E-state index is 13.0. The molecule has 0 radical (unpaired) electrons.